The molecule has 1 aromatic rings. The van der Waals surface area contributed by atoms with Crippen LogP contribution in [0.3, 0.4) is 0 Å². The van der Waals surface area contributed by atoms with E-state index in [1.54, 1.807) is 0 Å². The second-order valence-corrected chi connectivity index (χ2v) is 4.95. The van der Waals surface area contributed by atoms with E-state index in [-0.39, 0.29) is 6.61 Å². The van der Waals surface area contributed by atoms with Gasteiger partial charge in [0.2, 0.25) is 0 Å². The number of nitrogens with zero attached hydrogens (tertiary/aromatic N) is 5. The molecule has 1 saturated carbocycles. The average Bonchev–Trinajstić information content (AvgIpc) is 3.01. The molecule has 0 atom stereocenters. The van der Waals surface area contributed by atoms with Gasteiger partial charge in [-0.25, -0.2) is 4.68 Å². The van der Waals surface area contributed by atoms with Crippen LogP contribution >= 0.6 is 0 Å². The zero-order chi connectivity index (χ0) is 12.8. The van der Waals surface area contributed by atoms with Gasteiger partial charge in [-0.05, 0) is 29.7 Å². The predicted molar refractivity (Wildman–Crippen MR) is 67.9 cm³/mol. The molecule has 1 heterocycles. The number of hydrogen-bond acceptors (Lipinski definition) is 5. The van der Waals surface area contributed by atoms with Crippen molar-refractivity contribution >= 4 is 0 Å². The lowest BCUT2D eigenvalue weighted by atomic mass is 10.2. The molecule has 6 heteroatoms. The molecule has 2 rings (SSSR count). The standard InChI is InChI=1S/C12H23N5O/c1-2-7-17-12(13-14-15-17)10-16(8-9-18)11-5-3-4-6-11/h11,18H,2-10H2,1H3. The summed E-state index contributed by atoms with van der Waals surface area (Å²) in [6.45, 7) is 4.64. The van der Waals surface area contributed by atoms with E-state index in [0.717, 1.165) is 25.3 Å². The van der Waals surface area contributed by atoms with Crippen molar-refractivity contribution in [1.82, 2.24) is 25.1 Å². The monoisotopic (exact) mass is 253 g/mol. The first-order valence-electron chi connectivity index (χ1n) is 6.95. The van der Waals surface area contributed by atoms with Crippen LogP contribution in [-0.4, -0.2) is 49.4 Å². The van der Waals surface area contributed by atoms with Gasteiger partial charge in [-0.3, -0.25) is 4.90 Å². The van der Waals surface area contributed by atoms with E-state index in [4.69, 9.17) is 0 Å². The lowest BCUT2D eigenvalue weighted by molar-refractivity contribution is 0.139. The third kappa shape index (κ3) is 3.26. The smallest absolute Gasteiger partial charge is 0.165 e. The van der Waals surface area contributed by atoms with Gasteiger partial charge in [-0.15, -0.1) is 5.10 Å². The molecule has 1 aliphatic carbocycles. The van der Waals surface area contributed by atoms with Crippen LogP contribution in [0.1, 0.15) is 44.9 Å². The fourth-order valence-electron chi connectivity index (χ4n) is 2.69. The van der Waals surface area contributed by atoms with Crippen LogP contribution in [0.15, 0.2) is 0 Å². The average molecular weight is 253 g/mol. The van der Waals surface area contributed by atoms with Gasteiger partial charge in [0.1, 0.15) is 0 Å². The van der Waals surface area contributed by atoms with Gasteiger partial charge in [0.25, 0.3) is 0 Å². The first-order valence-corrected chi connectivity index (χ1v) is 6.95. The van der Waals surface area contributed by atoms with Crippen molar-refractivity contribution < 1.29 is 5.11 Å². The van der Waals surface area contributed by atoms with Crippen LogP contribution in [-0.2, 0) is 13.1 Å². The largest absolute Gasteiger partial charge is 0.395 e. The second kappa shape index (κ2) is 6.80. The van der Waals surface area contributed by atoms with Gasteiger partial charge < -0.3 is 5.11 Å². The SMILES string of the molecule is CCCn1nnnc1CN(CCO)C1CCCC1. The van der Waals surface area contributed by atoms with E-state index < -0.39 is 0 Å². The van der Waals surface area contributed by atoms with E-state index in [1.165, 1.54) is 25.7 Å². The molecule has 102 valence electrons. The molecule has 1 aromatic heterocycles. The Morgan fingerprint density at radius 3 is 2.83 bits per heavy atom. The van der Waals surface area contributed by atoms with Crippen LogP contribution in [0.5, 0.6) is 0 Å². The minimum atomic E-state index is 0.200. The topological polar surface area (TPSA) is 67.1 Å². The molecule has 0 unspecified atom stereocenters. The van der Waals surface area contributed by atoms with Crippen LogP contribution in [0.4, 0.5) is 0 Å². The lowest BCUT2D eigenvalue weighted by Crippen LogP contribution is -2.36. The van der Waals surface area contributed by atoms with E-state index in [9.17, 15) is 5.11 Å². The number of tetrazole rings is 1. The van der Waals surface area contributed by atoms with Gasteiger partial charge in [-0.1, -0.05) is 19.8 Å². The summed E-state index contributed by atoms with van der Waals surface area (Å²) in [4.78, 5) is 2.32. The van der Waals surface area contributed by atoms with Crippen LogP contribution in [0.25, 0.3) is 0 Å². The second-order valence-electron chi connectivity index (χ2n) is 4.95. The molecule has 0 spiro atoms. The van der Waals surface area contributed by atoms with Crippen molar-refractivity contribution in [3.63, 3.8) is 0 Å². The van der Waals surface area contributed by atoms with Gasteiger partial charge in [0, 0.05) is 19.1 Å². The van der Waals surface area contributed by atoms with Gasteiger partial charge in [0.05, 0.1) is 13.2 Å². The molecular weight excluding hydrogens is 230 g/mol. The molecular formula is C12H23N5O. The van der Waals surface area contributed by atoms with Gasteiger partial charge in [0.15, 0.2) is 5.82 Å². The molecule has 1 N–H and O–H groups in total. The number of aromatic nitrogens is 4. The normalized spacial score (nSPS) is 16.8. The maximum Gasteiger partial charge on any atom is 0.165 e. The molecule has 0 aliphatic heterocycles. The summed E-state index contributed by atoms with van der Waals surface area (Å²) in [5.41, 5.74) is 0. The van der Waals surface area contributed by atoms with Crippen molar-refractivity contribution in [2.45, 2.75) is 58.2 Å². The summed E-state index contributed by atoms with van der Waals surface area (Å²) in [6, 6.07) is 0.587. The highest BCUT2D eigenvalue weighted by atomic mass is 16.3. The first-order chi connectivity index (χ1) is 8.85. The third-order valence-corrected chi connectivity index (χ3v) is 3.61. The summed E-state index contributed by atoms with van der Waals surface area (Å²) in [6.07, 6.45) is 6.09. The lowest BCUT2D eigenvalue weighted by Gasteiger charge is -2.27. The maximum absolute atomic E-state index is 9.20. The highest BCUT2D eigenvalue weighted by molar-refractivity contribution is 4.85. The summed E-state index contributed by atoms with van der Waals surface area (Å²) >= 11 is 0. The van der Waals surface area contributed by atoms with Gasteiger partial charge >= 0.3 is 0 Å². The van der Waals surface area contributed by atoms with Crippen LogP contribution in [0.2, 0.25) is 0 Å². The van der Waals surface area contributed by atoms with Crippen molar-refractivity contribution in [2.24, 2.45) is 0 Å². The summed E-state index contributed by atoms with van der Waals surface area (Å²) < 4.78 is 1.87. The Labute approximate surface area is 108 Å². The molecule has 0 bridgehead atoms. The van der Waals surface area contributed by atoms with E-state index >= 15 is 0 Å². The molecule has 6 nitrogen and oxygen atoms in total. The maximum atomic E-state index is 9.20. The van der Waals surface area contributed by atoms with Crippen LogP contribution < -0.4 is 0 Å². The number of aliphatic hydroxyl groups is 1. The van der Waals surface area contributed by atoms with Gasteiger partial charge in [-0.2, -0.15) is 0 Å². The number of rotatable bonds is 7. The molecule has 0 amide bonds. The van der Waals surface area contributed by atoms with Crippen molar-refractivity contribution in [3.05, 3.63) is 5.82 Å². The number of aliphatic hydroxyl groups excluding tert-OH is 1. The third-order valence-electron chi connectivity index (χ3n) is 3.61. The highest BCUT2D eigenvalue weighted by Gasteiger charge is 2.23. The minimum absolute atomic E-state index is 0.200. The van der Waals surface area contributed by atoms with Crippen molar-refractivity contribution in [2.75, 3.05) is 13.2 Å². The summed E-state index contributed by atoms with van der Waals surface area (Å²) in [5, 5.41) is 21.1. The molecule has 1 aliphatic rings. The molecule has 0 radical (unpaired) electrons. The minimum Gasteiger partial charge on any atom is -0.395 e. The fourth-order valence-corrected chi connectivity index (χ4v) is 2.69. The molecule has 0 aromatic carbocycles. The quantitative estimate of drug-likeness (QED) is 0.779. The van der Waals surface area contributed by atoms with E-state index in [2.05, 4.69) is 27.3 Å². The Morgan fingerprint density at radius 2 is 2.17 bits per heavy atom. The molecule has 18 heavy (non-hydrogen) atoms. The summed E-state index contributed by atoms with van der Waals surface area (Å²) in [5.74, 6) is 0.914. The van der Waals surface area contributed by atoms with Crippen molar-refractivity contribution in [3.8, 4) is 0 Å². The fraction of sp³-hybridized carbons (Fsp3) is 0.917. The Balaban J connectivity index is 2.00. The Bertz CT molecular complexity index is 348. The highest BCUT2D eigenvalue weighted by Crippen LogP contribution is 2.24. The predicted octanol–water partition coefficient (Wildman–Crippen LogP) is 0.820. The number of aryl methyl sites for hydroxylation is 1. The number of hydrogen-bond donors (Lipinski definition) is 1. The van der Waals surface area contributed by atoms with Crippen molar-refractivity contribution in [1.29, 1.82) is 0 Å². The summed E-state index contributed by atoms with van der Waals surface area (Å²) in [7, 11) is 0. The van der Waals surface area contributed by atoms with Crippen LogP contribution in [0, 0.1) is 0 Å². The Morgan fingerprint density at radius 1 is 1.39 bits per heavy atom. The molecule has 1 fully saturated rings. The zero-order valence-electron chi connectivity index (χ0n) is 11.1. The zero-order valence-corrected chi connectivity index (χ0v) is 11.1. The molecule has 0 saturated heterocycles. The first kappa shape index (κ1) is 13.4. The van der Waals surface area contributed by atoms with E-state index in [0.29, 0.717) is 12.6 Å². The van der Waals surface area contributed by atoms with E-state index in [1.807, 2.05) is 4.68 Å². The Hall–Kier alpha value is -1.01. The Kier molecular flexibility index (Phi) is 5.07.